The van der Waals surface area contributed by atoms with E-state index in [-0.39, 0.29) is 19.1 Å². The van der Waals surface area contributed by atoms with E-state index in [0.717, 1.165) is 51.5 Å². The third kappa shape index (κ3) is 8.24. The van der Waals surface area contributed by atoms with Gasteiger partial charge in [0.15, 0.2) is 24.1 Å². The number of ether oxygens (including phenoxy) is 5. The molecule has 1 aromatic rings. The average Bonchev–Trinajstić information content (AvgIpc) is 2.87. The zero-order valence-electron chi connectivity index (χ0n) is 22.1. The van der Waals surface area contributed by atoms with Crippen molar-refractivity contribution in [1.82, 2.24) is 5.32 Å². The average molecular weight is 536 g/mol. The van der Waals surface area contributed by atoms with Crippen molar-refractivity contribution in [1.29, 1.82) is 0 Å². The second kappa shape index (κ2) is 13.7. The standard InChI is InChI=1S/C27H37NO10/c1-17(29)34-15-22-24(35-18(2)30)27(33,16-28-23(32)14-20-10-6-4-7-11-20)25(36-19(3)31)26(38-22)37-21-12-8-5-9-13-21/h4,6-7,10-11,21-22,24-26,33H,5,8-9,12-16H2,1-3H3,(H,28,32)/t22-,24+,25-,26+,27+/m1/s1. The van der Waals surface area contributed by atoms with E-state index in [9.17, 15) is 24.3 Å². The van der Waals surface area contributed by atoms with Gasteiger partial charge in [-0.15, -0.1) is 0 Å². The molecule has 0 bridgehead atoms. The molecule has 2 aliphatic rings. The molecule has 1 aliphatic carbocycles. The van der Waals surface area contributed by atoms with Crippen LogP contribution in [0.1, 0.15) is 58.4 Å². The van der Waals surface area contributed by atoms with Gasteiger partial charge in [0, 0.05) is 20.8 Å². The Balaban J connectivity index is 1.92. The summed E-state index contributed by atoms with van der Waals surface area (Å²) in [4.78, 5) is 48.5. The third-order valence-electron chi connectivity index (χ3n) is 6.57. The Labute approximate surface area is 222 Å². The monoisotopic (exact) mass is 535 g/mol. The van der Waals surface area contributed by atoms with Gasteiger partial charge in [-0.1, -0.05) is 49.6 Å². The zero-order chi connectivity index (χ0) is 27.7. The van der Waals surface area contributed by atoms with E-state index in [1.165, 1.54) is 6.92 Å². The first-order chi connectivity index (χ1) is 18.1. The molecule has 2 fully saturated rings. The van der Waals surface area contributed by atoms with E-state index in [0.29, 0.717) is 0 Å². The molecule has 3 rings (SSSR count). The van der Waals surface area contributed by atoms with Gasteiger partial charge in [-0.05, 0) is 18.4 Å². The van der Waals surface area contributed by atoms with E-state index >= 15 is 0 Å². The molecule has 0 aromatic heterocycles. The Morgan fingerprint density at radius 3 is 2.18 bits per heavy atom. The Kier molecular flexibility index (Phi) is 10.6. The van der Waals surface area contributed by atoms with Crippen molar-refractivity contribution in [3.05, 3.63) is 35.9 Å². The smallest absolute Gasteiger partial charge is 0.303 e. The van der Waals surface area contributed by atoms with Crippen LogP contribution in [0.2, 0.25) is 0 Å². The van der Waals surface area contributed by atoms with Crippen molar-refractivity contribution in [2.45, 2.75) is 95.6 Å². The number of hydrogen-bond donors (Lipinski definition) is 2. The lowest BCUT2D eigenvalue weighted by atomic mass is 9.83. The first-order valence-electron chi connectivity index (χ1n) is 12.9. The summed E-state index contributed by atoms with van der Waals surface area (Å²) in [7, 11) is 0. The summed E-state index contributed by atoms with van der Waals surface area (Å²) in [5.74, 6) is -2.51. The summed E-state index contributed by atoms with van der Waals surface area (Å²) in [5.41, 5.74) is -1.42. The van der Waals surface area contributed by atoms with Gasteiger partial charge in [0.1, 0.15) is 12.7 Å². The van der Waals surface area contributed by atoms with Crippen molar-refractivity contribution in [3.63, 3.8) is 0 Å². The molecule has 2 N–H and O–H groups in total. The maximum absolute atomic E-state index is 12.8. The van der Waals surface area contributed by atoms with Crippen LogP contribution in [0.4, 0.5) is 0 Å². The third-order valence-corrected chi connectivity index (χ3v) is 6.57. The van der Waals surface area contributed by atoms with Gasteiger partial charge >= 0.3 is 17.9 Å². The summed E-state index contributed by atoms with van der Waals surface area (Å²) in [6.07, 6.45) is -1.09. The predicted octanol–water partition coefficient (Wildman–Crippen LogP) is 1.58. The fraction of sp³-hybridized carbons (Fsp3) is 0.630. The molecule has 1 aromatic carbocycles. The van der Waals surface area contributed by atoms with E-state index < -0.39 is 60.6 Å². The highest BCUT2D eigenvalue weighted by Gasteiger charge is 2.61. The highest BCUT2D eigenvalue weighted by molar-refractivity contribution is 5.78. The maximum Gasteiger partial charge on any atom is 0.303 e. The number of nitrogens with one attached hydrogen (secondary N) is 1. The molecule has 0 unspecified atom stereocenters. The summed E-state index contributed by atoms with van der Waals surface area (Å²) >= 11 is 0. The first-order valence-corrected chi connectivity index (χ1v) is 12.9. The first kappa shape index (κ1) is 29.5. The minimum absolute atomic E-state index is 0.0305. The van der Waals surface area contributed by atoms with Gasteiger partial charge in [0.05, 0.1) is 19.1 Å². The Bertz CT molecular complexity index is 964. The molecule has 1 amide bonds. The summed E-state index contributed by atoms with van der Waals surface area (Å²) in [6.45, 7) is 2.68. The summed E-state index contributed by atoms with van der Waals surface area (Å²) in [5, 5.41) is 14.7. The van der Waals surface area contributed by atoms with Gasteiger partial charge < -0.3 is 34.1 Å². The van der Waals surface area contributed by atoms with Gasteiger partial charge in [0.2, 0.25) is 5.91 Å². The maximum atomic E-state index is 12.8. The van der Waals surface area contributed by atoms with Gasteiger partial charge in [-0.3, -0.25) is 19.2 Å². The second-order valence-corrected chi connectivity index (χ2v) is 9.73. The molecule has 0 spiro atoms. The van der Waals surface area contributed by atoms with Crippen LogP contribution in [0.15, 0.2) is 30.3 Å². The molecular formula is C27H37NO10. The van der Waals surface area contributed by atoms with Gasteiger partial charge in [-0.25, -0.2) is 0 Å². The Morgan fingerprint density at radius 2 is 1.58 bits per heavy atom. The lowest BCUT2D eigenvalue weighted by Crippen LogP contribution is -2.73. The van der Waals surface area contributed by atoms with Crippen LogP contribution in [-0.4, -0.2) is 78.4 Å². The number of rotatable bonds is 10. The van der Waals surface area contributed by atoms with Crippen LogP contribution in [0.3, 0.4) is 0 Å². The van der Waals surface area contributed by atoms with Crippen LogP contribution in [0.5, 0.6) is 0 Å². The minimum atomic E-state index is -2.17. The van der Waals surface area contributed by atoms with Gasteiger partial charge in [-0.2, -0.15) is 0 Å². The van der Waals surface area contributed by atoms with Crippen LogP contribution < -0.4 is 5.32 Å². The molecular weight excluding hydrogens is 498 g/mol. The van der Waals surface area contributed by atoms with Crippen molar-refractivity contribution < 1.29 is 48.0 Å². The molecule has 210 valence electrons. The van der Waals surface area contributed by atoms with Crippen LogP contribution in [0, 0.1) is 0 Å². The molecule has 1 heterocycles. The highest BCUT2D eigenvalue weighted by atomic mass is 16.7. The Morgan fingerprint density at radius 1 is 0.947 bits per heavy atom. The lowest BCUT2D eigenvalue weighted by molar-refractivity contribution is -0.342. The molecule has 11 heteroatoms. The van der Waals surface area contributed by atoms with Crippen molar-refractivity contribution >= 4 is 23.8 Å². The van der Waals surface area contributed by atoms with E-state index in [1.54, 1.807) is 24.3 Å². The fourth-order valence-corrected chi connectivity index (χ4v) is 4.83. The van der Waals surface area contributed by atoms with E-state index in [2.05, 4.69) is 5.32 Å². The largest absolute Gasteiger partial charge is 0.463 e. The Hall–Kier alpha value is -3.02. The summed E-state index contributed by atoms with van der Waals surface area (Å²) < 4.78 is 28.3. The quantitative estimate of drug-likeness (QED) is 0.334. The number of aliphatic hydroxyl groups is 1. The van der Waals surface area contributed by atoms with Crippen LogP contribution in [0.25, 0.3) is 0 Å². The normalized spacial score (nSPS) is 27.7. The molecule has 11 nitrogen and oxygen atoms in total. The van der Waals surface area contributed by atoms with E-state index in [4.69, 9.17) is 23.7 Å². The number of esters is 3. The van der Waals surface area contributed by atoms with E-state index in [1.807, 2.05) is 6.07 Å². The predicted molar refractivity (Wildman–Crippen MR) is 132 cm³/mol. The van der Waals surface area contributed by atoms with Crippen molar-refractivity contribution in [3.8, 4) is 0 Å². The van der Waals surface area contributed by atoms with Crippen LogP contribution in [-0.2, 0) is 49.3 Å². The SMILES string of the molecule is CC(=O)OC[C@H]1O[C@H](OC2CCCCC2)[C@@H](OC(C)=O)[C@](O)(CNC(=O)Cc2ccccc2)[C@H]1OC(C)=O. The van der Waals surface area contributed by atoms with Crippen molar-refractivity contribution in [2.75, 3.05) is 13.2 Å². The van der Waals surface area contributed by atoms with Crippen molar-refractivity contribution in [2.24, 2.45) is 0 Å². The number of benzene rings is 1. The van der Waals surface area contributed by atoms with Crippen LogP contribution >= 0.6 is 0 Å². The molecule has 1 saturated carbocycles. The molecule has 1 aliphatic heterocycles. The minimum Gasteiger partial charge on any atom is -0.463 e. The topological polar surface area (TPSA) is 147 Å². The summed E-state index contributed by atoms with van der Waals surface area (Å²) in [6, 6.07) is 9.00. The molecule has 38 heavy (non-hydrogen) atoms. The molecule has 0 radical (unpaired) electrons. The molecule has 1 saturated heterocycles. The number of amides is 1. The number of carbonyl (C=O) groups is 4. The molecule has 5 atom stereocenters. The fourth-order valence-electron chi connectivity index (χ4n) is 4.83. The zero-order valence-corrected chi connectivity index (χ0v) is 22.1. The van der Waals surface area contributed by atoms with Gasteiger partial charge in [0.25, 0.3) is 0 Å². The number of carbonyl (C=O) groups excluding carboxylic acids is 4. The number of hydrogen-bond acceptors (Lipinski definition) is 10. The second-order valence-electron chi connectivity index (χ2n) is 9.73. The highest BCUT2D eigenvalue weighted by Crippen LogP contribution is 2.37. The lowest BCUT2D eigenvalue weighted by Gasteiger charge is -2.50.